The SMILES string of the molecule is CCOC(=O)C1CCN(CC(=O)N2N=C(c3ccc(C)cc3C)C[C@H]2c2cc(OC)ccc2OC)CC1. The summed E-state index contributed by atoms with van der Waals surface area (Å²) >= 11 is 0. The first kappa shape index (κ1) is 26.7. The zero-order valence-corrected chi connectivity index (χ0v) is 22.5. The highest BCUT2D eigenvalue weighted by atomic mass is 16.5. The number of hydrogen-bond donors (Lipinski definition) is 0. The average Bonchev–Trinajstić information content (AvgIpc) is 3.34. The van der Waals surface area contributed by atoms with Gasteiger partial charge >= 0.3 is 5.97 Å². The van der Waals surface area contributed by atoms with E-state index in [1.807, 2.05) is 25.1 Å². The van der Waals surface area contributed by atoms with Crippen molar-refractivity contribution in [2.75, 3.05) is 40.5 Å². The first-order chi connectivity index (χ1) is 17.8. The number of rotatable bonds is 8. The number of amides is 1. The van der Waals surface area contributed by atoms with E-state index in [2.05, 4.69) is 36.9 Å². The Bertz CT molecular complexity index is 1170. The van der Waals surface area contributed by atoms with E-state index in [0.717, 1.165) is 22.4 Å². The van der Waals surface area contributed by atoms with Crippen LogP contribution in [-0.2, 0) is 14.3 Å². The molecule has 4 rings (SSSR count). The van der Waals surface area contributed by atoms with Gasteiger partial charge < -0.3 is 14.2 Å². The number of esters is 1. The summed E-state index contributed by atoms with van der Waals surface area (Å²) < 4.78 is 16.3. The van der Waals surface area contributed by atoms with Gasteiger partial charge in [0.25, 0.3) is 5.91 Å². The summed E-state index contributed by atoms with van der Waals surface area (Å²) in [6, 6.07) is 11.6. The lowest BCUT2D eigenvalue weighted by Gasteiger charge is -2.32. The zero-order valence-electron chi connectivity index (χ0n) is 22.5. The summed E-state index contributed by atoms with van der Waals surface area (Å²) in [4.78, 5) is 27.9. The monoisotopic (exact) mass is 507 g/mol. The van der Waals surface area contributed by atoms with Gasteiger partial charge in [-0.1, -0.05) is 23.8 Å². The van der Waals surface area contributed by atoms with Gasteiger partial charge in [0.15, 0.2) is 0 Å². The van der Waals surface area contributed by atoms with E-state index in [1.54, 1.807) is 19.2 Å². The Balaban J connectivity index is 1.59. The molecule has 1 amide bonds. The highest BCUT2D eigenvalue weighted by molar-refractivity contribution is 6.04. The summed E-state index contributed by atoms with van der Waals surface area (Å²) in [5.74, 6) is 1.08. The molecular formula is C29H37N3O5. The van der Waals surface area contributed by atoms with Gasteiger partial charge in [0.05, 0.1) is 45.0 Å². The van der Waals surface area contributed by atoms with E-state index < -0.39 is 0 Å². The molecule has 0 spiro atoms. The Morgan fingerprint density at radius 2 is 1.78 bits per heavy atom. The van der Waals surface area contributed by atoms with E-state index in [9.17, 15) is 9.59 Å². The van der Waals surface area contributed by atoms with Gasteiger partial charge in [-0.25, -0.2) is 5.01 Å². The fourth-order valence-corrected chi connectivity index (χ4v) is 5.23. The molecule has 2 aliphatic rings. The van der Waals surface area contributed by atoms with Gasteiger partial charge in [-0.3, -0.25) is 14.5 Å². The van der Waals surface area contributed by atoms with Crippen LogP contribution in [0.2, 0.25) is 0 Å². The molecule has 198 valence electrons. The Morgan fingerprint density at radius 1 is 1.03 bits per heavy atom. The van der Waals surface area contributed by atoms with Gasteiger partial charge in [0, 0.05) is 17.5 Å². The number of nitrogens with zero attached hydrogens (tertiary/aromatic N) is 3. The molecule has 2 aromatic carbocycles. The number of carbonyl (C=O) groups is 2. The van der Waals surface area contributed by atoms with Gasteiger partial charge in [-0.2, -0.15) is 5.10 Å². The molecule has 0 saturated carbocycles. The smallest absolute Gasteiger partial charge is 0.309 e. The third-order valence-corrected chi connectivity index (χ3v) is 7.22. The zero-order chi connectivity index (χ0) is 26.5. The maximum atomic E-state index is 13.7. The van der Waals surface area contributed by atoms with E-state index in [4.69, 9.17) is 19.3 Å². The predicted molar refractivity (Wildman–Crippen MR) is 142 cm³/mol. The number of methoxy groups -OCH3 is 2. The third-order valence-electron chi connectivity index (χ3n) is 7.22. The van der Waals surface area contributed by atoms with Crippen LogP contribution >= 0.6 is 0 Å². The van der Waals surface area contributed by atoms with Crippen molar-refractivity contribution in [2.24, 2.45) is 11.0 Å². The maximum Gasteiger partial charge on any atom is 0.309 e. The third kappa shape index (κ3) is 5.96. The minimum atomic E-state index is -0.315. The van der Waals surface area contributed by atoms with Crippen LogP contribution in [0.25, 0.3) is 0 Å². The van der Waals surface area contributed by atoms with Crippen LogP contribution in [0.15, 0.2) is 41.5 Å². The van der Waals surface area contributed by atoms with Crippen LogP contribution in [0.5, 0.6) is 11.5 Å². The van der Waals surface area contributed by atoms with Crippen LogP contribution in [0.4, 0.5) is 0 Å². The highest BCUT2D eigenvalue weighted by Crippen LogP contribution is 2.40. The van der Waals surface area contributed by atoms with Crippen molar-refractivity contribution in [1.82, 2.24) is 9.91 Å². The number of benzene rings is 2. The standard InChI is InChI=1S/C29H37N3O5/c1-6-37-29(34)21-11-13-31(14-12-21)18-28(33)32-26(24-16-22(35-4)8-10-27(24)36-5)17-25(30-32)23-9-7-19(2)15-20(23)3/h7-10,15-16,21,26H,6,11-14,17-18H2,1-5H3/t26-/m0/s1. The molecule has 1 atom stereocenters. The van der Waals surface area contributed by atoms with E-state index in [1.165, 1.54) is 5.56 Å². The Hall–Kier alpha value is -3.39. The minimum absolute atomic E-state index is 0.0794. The summed E-state index contributed by atoms with van der Waals surface area (Å²) in [5, 5.41) is 6.49. The van der Waals surface area contributed by atoms with Gasteiger partial charge in [-0.15, -0.1) is 0 Å². The highest BCUT2D eigenvalue weighted by Gasteiger charge is 2.37. The van der Waals surface area contributed by atoms with E-state index in [-0.39, 0.29) is 30.4 Å². The van der Waals surface area contributed by atoms with Crippen molar-refractivity contribution < 1.29 is 23.8 Å². The number of carbonyl (C=O) groups excluding carboxylic acids is 2. The van der Waals surface area contributed by atoms with Crippen molar-refractivity contribution in [2.45, 2.75) is 46.1 Å². The molecule has 0 aliphatic carbocycles. The Kier molecular flexibility index (Phi) is 8.48. The molecule has 0 aromatic heterocycles. The molecule has 2 aromatic rings. The molecule has 0 unspecified atom stereocenters. The quantitative estimate of drug-likeness (QED) is 0.497. The number of hydrazone groups is 1. The number of hydrogen-bond acceptors (Lipinski definition) is 7. The first-order valence-electron chi connectivity index (χ1n) is 12.9. The van der Waals surface area contributed by atoms with Gasteiger partial charge in [-0.05, 0) is 70.5 Å². The normalized spacial score (nSPS) is 18.5. The molecule has 37 heavy (non-hydrogen) atoms. The molecule has 0 N–H and O–H groups in total. The molecule has 2 heterocycles. The molecule has 8 nitrogen and oxygen atoms in total. The second-order valence-electron chi connectivity index (χ2n) is 9.73. The van der Waals surface area contributed by atoms with Crippen molar-refractivity contribution in [3.8, 4) is 11.5 Å². The number of likely N-dealkylation sites (tertiary alicyclic amines) is 1. The molecule has 0 radical (unpaired) electrons. The van der Waals surface area contributed by atoms with Crippen LogP contribution in [-0.4, -0.2) is 68.0 Å². The van der Waals surface area contributed by atoms with Crippen molar-refractivity contribution in [3.05, 3.63) is 58.7 Å². The summed E-state index contributed by atoms with van der Waals surface area (Å²) in [7, 11) is 3.26. The number of piperidine rings is 1. The molecule has 0 bridgehead atoms. The number of aryl methyl sites for hydroxylation is 2. The lowest BCUT2D eigenvalue weighted by Crippen LogP contribution is -2.43. The van der Waals surface area contributed by atoms with Crippen molar-refractivity contribution in [1.29, 1.82) is 0 Å². The predicted octanol–water partition coefficient (Wildman–Crippen LogP) is 4.27. The summed E-state index contributed by atoms with van der Waals surface area (Å²) in [5.41, 5.74) is 5.10. The first-order valence-corrected chi connectivity index (χ1v) is 12.9. The fraction of sp³-hybridized carbons (Fsp3) is 0.483. The molecular weight excluding hydrogens is 470 g/mol. The summed E-state index contributed by atoms with van der Waals surface area (Å²) in [6.07, 6.45) is 1.96. The Morgan fingerprint density at radius 3 is 2.43 bits per heavy atom. The van der Waals surface area contributed by atoms with E-state index >= 15 is 0 Å². The second-order valence-corrected chi connectivity index (χ2v) is 9.73. The molecule has 8 heteroatoms. The van der Waals surface area contributed by atoms with Crippen LogP contribution in [0.3, 0.4) is 0 Å². The lowest BCUT2D eigenvalue weighted by atomic mass is 9.94. The number of ether oxygens (including phenoxy) is 3. The van der Waals surface area contributed by atoms with Crippen molar-refractivity contribution in [3.63, 3.8) is 0 Å². The second kappa shape index (κ2) is 11.8. The van der Waals surface area contributed by atoms with Crippen molar-refractivity contribution >= 4 is 17.6 Å². The lowest BCUT2D eigenvalue weighted by molar-refractivity contribution is -0.149. The summed E-state index contributed by atoms with van der Waals surface area (Å²) in [6.45, 7) is 7.93. The average molecular weight is 508 g/mol. The van der Waals surface area contributed by atoms with E-state index in [0.29, 0.717) is 50.5 Å². The van der Waals surface area contributed by atoms with Crippen LogP contribution in [0.1, 0.15) is 54.5 Å². The minimum Gasteiger partial charge on any atom is -0.497 e. The fourth-order valence-electron chi connectivity index (χ4n) is 5.23. The Labute approximate surface area is 219 Å². The molecule has 1 fully saturated rings. The largest absolute Gasteiger partial charge is 0.497 e. The van der Waals surface area contributed by atoms with Crippen LogP contribution < -0.4 is 9.47 Å². The molecule has 2 aliphatic heterocycles. The molecule has 1 saturated heterocycles. The van der Waals surface area contributed by atoms with Gasteiger partial charge in [0.2, 0.25) is 0 Å². The topological polar surface area (TPSA) is 80.7 Å². The van der Waals surface area contributed by atoms with Gasteiger partial charge in [0.1, 0.15) is 11.5 Å². The maximum absolute atomic E-state index is 13.7. The van der Waals surface area contributed by atoms with Crippen LogP contribution in [0, 0.1) is 19.8 Å².